The van der Waals surface area contributed by atoms with Crippen molar-refractivity contribution in [2.45, 2.75) is 33.1 Å². The van der Waals surface area contributed by atoms with Crippen molar-refractivity contribution in [2.24, 2.45) is 11.3 Å². The van der Waals surface area contributed by atoms with Gasteiger partial charge < -0.3 is 0 Å². The summed E-state index contributed by atoms with van der Waals surface area (Å²) < 4.78 is 21.1. The Morgan fingerprint density at radius 1 is 1.50 bits per heavy atom. The summed E-state index contributed by atoms with van der Waals surface area (Å²) in [6.07, 6.45) is 2.94. The third-order valence-corrected chi connectivity index (χ3v) is 3.90. The highest BCUT2D eigenvalue weighted by Gasteiger charge is 2.44. The summed E-state index contributed by atoms with van der Waals surface area (Å²) in [5.74, 6) is 0.845. The molecule has 0 bridgehead atoms. The summed E-state index contributed by atoms with van der Waals surface area (Å²) in [7, 11) is 1.82. The van der Waals surface area contributed by atoms with Crippen molar-refractivity contribution in [1.29, 1.82) is 0 Å². The number of rotatable bonds is 4. The highest BCUT2D eigenvalue weighted by atomic mass is 35.7. The van der Waals surface area contributed by atoms with Gasteiger partial charge in [0.1, 0.15) is 0 Å². The van der Waals surface area contributed by atoms with Crippen LogP contribution in [-0.4, -0.2) is 14.2 Å². The van der Waals surface area contributed by atoms with E-state index < -0.39 is 9.05 Å². The minimum Gasteiger partial charge on any atom is -0.212 e. The van der Waals surface area contributed by atoms with E-state index >= 15 is 0 Å². The van der Waals surface area contributed by atoms with Gasteiger partial charge in [-0.2, -0.15) is 0 Å². The zero-order valence-corrected chi connectivity index (χ0v) is 9.08. The van der Waals surface area contributed by atoms with Gasteiger partial charge in [0.25, 0.3) is 0 Å². The zero-order chi connectivity index (χ0) is 9.41. The van der Waals surface area contributed by atoms with Gasteiger partial charge in [-0.1, -0.05) is 13.8 Å². The van der Waals surface area contributed by atoms with Crippen molar-refractivity contribution in [2.75, 3.05) is 5.75 Å². The highest BCUT2D eigenvalue weighted by molar-refractivity contribution is 8.13. The summed E-state index contributed by atoms with van der Waals surface area (Å²) >= 11 is 0. The van der Waals surface area contributed by atoms with Gasteiger partial charge in [0.2, 0.25) is 9.05 Å². The Morgan fingerprint density at radius 3 is 2.33 bits per heavy atom. The summed E-state index contributed by atoms with van der Waals surface area (Å²) in [6.45, 7) is 4.43. The molecule has 0 radical (unpaired) electrons. The van der Waals surface area contributed by atoms with Gasteiger partial charge in [-0.25, -0.2) is 8.42 Å². The molecule has 1 fully saturated rings. The monoisotopic (exact) mass is 210 g/mol. The lowest BCUT2D eigenvalue weighted by Gasteiger charge is -2.01. The summed E-state index contributed by atoms with van der Waals surface area (Å²) in [5.41, 5.74) is 0.454. The molecular formula is C8H15ClO2S. The molecule has 0 heterocycles. The summed E-state index contributed by atoms with van der Waals surface area (Å²) in [4.78, 5) is 0. The lowest BCUT2D eigenvalue weighted by atomic mass is 10.1. The fraction of sp³-hybridized carbons (Fsp3) is 1.00. The van der Waals surface area contributed by atoms with Gasteiger partial charge in [-0.05, 0) is 30.6 Å². The number of hydrogen-bond donors (Lipinski definition) is 0. The van der Waals surface area contributed by atoms with Crippen LogP contribution >= 0.6 is 10.7 Å². The minimum atomic E-state index is -3.26. The molecule has 1 rings (SSSR count). The first kappa shape index (κ1) is 10.3. The van der Waals surface area contributed by atoms with Crippen molar-refractivity contribution in [3.05, 3.63) is 0 Å². The lowest BCUT2D eigenvalue weighted by molar-refractivity contribution is 0.526. The molecule has 0 amide bonds. The van der Waals surface area contributed by atoms with Crippen LogP contribution in [0.1, 0.15) is 33.1 Å². The van der Waals surface area contributed by atoms with Crippen LogP contribution in [0.25, 0.3) is 0 Å². The largest absolute Gasteiger partial charge is 0.232 e. The van der Waals surface area contributed by atoms with E-state index in [2.05, 4.69) is 13.8 Å². The minimum absolute atomic E-state index is 0.126. The van der Waals surface area contributed by atoms with Crippen molar-refractivity contribution >= 4 is 19.7 Å². The first-order valence-electron chi connectivity index (χ1n) is 4.24. The Hall–Kier alpha value is 0.240. The molecule has 72 valence electrons. The van der Waals surface area contributed by atoms with E-state index in [4.69, 9.17) is 10.7 Å². The molecule has 1 atom stereocenters. The molecule has 1 aliphatic rings. The van der Waals surface area contributed by atoms with Gasteiger partial charge >= 0.3 is 0 Å². The second-order valence-electron chi connectivity index (χ2n) is 4.27. The predicted molar refractivity (Wildman–Crippen MR) is 50.8 cm³/mol. The van der Waals surface area contributed by atoms with E-state index in [1.165, 1.54) is 6.42 Å². The Labute approximate surface area is 78.7 Å². The molecule has 2 nitrogen and oxygen atoms in total. The molecule has 0 N–H and O–H groups in total. The Kier molecular flexibility index (Phi) is 2.74. The Balaban J connectivity index is 2.14. The van der Waals surface area contributed by atoms with E-state index in [1.807, 2.05) is 0 Å². The Morgan fingerprint density at radius 2 is 2.00 bits per heavy atom. The highest BCUT2D eigenvalue weighted by Crippen LogP contribution is 2.54. The average Bonchev–Trinajstić information content (AvgIpc) is 2.36. The maximum absolute atomic E-state index is 10.6. The Bertz CT molecular complexity index is 256. The summed E-state index contributed by atoms with van der Waals surface area (Å²) in [6, 6.07) is 0. The molecule has 4 heteroatoms. The van der Waals surface area contributed by atoms with Gasteiger partial charge in [0.05, 0.1) is 5.75 Å². The first-order valence-corrected chi connectivity index (χ1v) is 6.71. The average molecular weight is 211 g/mol. The molecule has 1 unspecified atom stereocenters. The number of hydrogen-bond acceptors (Lipinski definition) is 2. The molecule has 0 aromatic rings. The lowest BCUT2D eigenvalue weighted by Crippen LogP contribution is -1.99. The van der Waals surface area contributed by atoms with Crippen LogP contribution in [0.4, 0.5) is 0 Å². The fourth-order valence-corrected chi connectivity index (χ4v) is 2.41. The van der Waals surface area contributed by atoms with Crippen LogP contribution in [0.3, 0.4) is 0 Å². The molecule has 1 aliphatic carbocycles. The van der Waals surface area contributed by atoms with Crippen molar-refractivity contribution in [3.63, 3.8) is 0 Å². The van der Waals surface area contributed by atoms with Crippen molar-refractivity contribution in [3.8, 4) is 0 Å². The van der Waals surface area contributed by atoms with E-state index in [1.54, 1.807) is 0 Å². The molecule has 0 aromatic heterocycles. The van der Waals surface area contributed by atoms with Gasteiger partial charge in [-0.15, -0.1) is 0 Å². The molecule has 1 saturated carbocycles. The van der Waals surface area contributed by atoms with Gasteiger partial charge in [-0.3, -0.25) is 0 Å². The second kappa shape index (κ2) is 3.18. The van der Waals surface area contributed by atoms with Crippen molar-refractivity contribution in [1.82, 2.24) is 0 Å². The summed E-state index contributed by atoms with van der Waals surface area (Å²) in [5, 5.41) is 0. The SMILES string of the molecule is CC1(C)CC1CCCS(=O)(=O)Cl. The van der Waals surface area contributed by atoms with E-state index in [0.29, 0.717) is 11.8 Å². The van der Waals surface area contributed by atoms with Crippen LogP contribution in [0.5, 0.6) is 0 Å². The van der Waals surface area contributed by atoms with Crippen LogP contribution in [0.15, 0.2) is 0 Å². The second-order valence-corrected chi connectivity index (χ2v) is 7.17. The standard InChI is InChI=1S/C8H15ClO2S/c1-8(2)6-7(8)4-3-5-12(9,10)11/h7H,3-6H2,1-2H3. The van der Waals surface area contributed by atoms with Crippen LogP contribution in [0, 0.1) is 11.3 Å². The maximum Gasteiger partial charge on any atom is 0.232 e. The van der Waals surface area contributed by atoms with E-state index in [-0.39, 0.29) is 5.75 Å². The van der Waals surface area contributed by atoms with Crippen LogP contribution < -0.4 is 0 Å². The van der Waals surface area contributed by atoms with Gasteiger partial charge in [0.15, 0.2) is 0 Å². The quantitative estimate of drug-likeness (QED) is 0.668. The fourth-order valence-electron chi connectivity index (χ4n) is 1.57. The molecule has 0 saturated heterocycles. The molecule has 0 aliphatic heterocycles. The topological polar surface area (TPSA) is 34.1 Å². The molecule has 12 heavy (non-hydrogen) atoms. The molecular weight excluding hydrogens is 196 g/mol. The smallest absolute Gasteiger partial charge is 0.212 e. The number of halogens is 1. The third-order valence-electron chi connectivity index (χ3n) is 2.66. The van der Waals surface area contributed by atoms with Gasteiger partial charge in [0, 0.05) is 10.7 Å². The normalized spacial score (nSPS) is 27.1. The molecule has 0 aromatic carbocycles. The molecule has 0 spiro atoms. The van der Waals surface area contributed by atoms with E-state index in [0.717, 1.165) is 12.3 Å². The third kappa shape index (κ3) is 3.31. The zero-order valence-electron chi connectivity index (χ0n) is 7.51. The van der Waals surface area contributed by atoms with Crippen LogP contribution in [0.2, 0.25) is 0 Å². The maximum atomic E-state index is 10.6. The first-order chi connectivity index (χ1) is 5.31. The van der Waals surface area contributed by atoms with Crippen molar-refractivity contribution < 1.29 is 8.42 Å². The van der Waals surface area contributed by atoms with E-state index in [9.17, 15) is 8.42 Å². The predicted octanol–water partition coefficient (Wildman–Crippen LogP) is 2.38. The van der Waals surface area contributed by atoms with Crippen LogP contribution in [-0.2, 0) is 9.05 Å².